The molecule has 0 bridgehead atoms. The van der Waals surface area contributed by atoms with Crippen molar-refractivity contribution >= 4 is 34.6 Å². The third kappa shape index (κ3) is 5.15. The van der Waals surface area contributed by atoms with Gasteiger partial charge in [-0.25, -0.2) is 0 Å². The van der Waals surface area contributed by atoms with Crippen molar-refractivity contribution in [2.75, 3.05) is 5.32 Å². The zero-order valence-corrected chi connectivity index (χ0v) is 16.6. The molecule has 0 aliphatic carbocycles. The Morgan fingerprint density at radius 1 is 0.964 bits per heavy atom. The topological polar surface area (TPSA) is 64.4 Å². The number of nitrogens with one attached hydrogen (secondary N) is 1. The summed E-state index contributed by atoms with van der Waals surface area (Å²) >= 11 is 12.7. The third-order valence-electron chi connectivity index (χ3n) is 4.14. The molecule has 28 heavy (non-hydrogen) atoms. The molecule has 3 aromatic rings. The summed E-state index contributed by atoms with van der Waals surface area (Å²) in [6.45, 7) is 2.82. The second kappa shape index (κ2) is 8.95. The second-order valence-electron chi connectivity index (χ2n) is 6.32. The van der Waals surface area contributed by atoms with E-state index in [1.807, 2.05) is 31.2 Å². The van der Waals surface area contributed by atoms with Crippen molar-refractivity contribution in [3.05, 3.63) is 97.5 Å². The summed E-state index contributed by atoms with van der Waals surface area (Å²) in [5, 5.41) is 14.9. The Hall–Kier alpha value is -2.76. The van der Waals surface area contributed by atoms with Crippen molar-refractivity contribution in [1.29, 1.82) is 0 Å². The van der Waals surface area contributed by atoms with E-state index in [1.165, 1.54) is 17.7 Å². The third-order valence-corrected chi connectivity index (χ3v) is 4.70. The maximum absolute atomic E-state index is 10.7. The first-order chi connectivity index (χ1) is 13.4. The van der Waals surface area contributed by atoms with Crippen molar-refractivity contribution in [3.63, 3.8) is 0 Å². The van der Waals surface area contributed by atoms with Crippen molar-refractivity contribution < 1.29 is 9.66 Å². The zero-order valence-electron chi connectivity index (χ0n) is 15.1. The van der Waals surface area contributed by atoms with E-state index < -0.39 is 4.92 Å². The Kier molecular flexibility index (Phi) is 6.39. The van der Waals surface area contributed by atoms with Gasteiger partial charge >= 0.3 is 0 Å². The van der Waals surface area contributed by atoms with Gasteiger partial charge in [0.2, 0.25) is 0 Å². The predicted octanol–water partition coefficient (Wildman–Crippen LogP) is 6.40. The van der Waals surface area contributed by atoms with Gasteiger partial charge in [0.15, 0.2) is 5.75 Å². The van der Waals surface area contributed by atoms with E-state index >= 15 is 0 Å². The zero-order chi connectivity index (χ0) is 20.1. The van der Waals surface area contributed by atoms with E-state index in [-0.39, 0.29) is 12.3 Å². The van der Waals surface area contributed by atoms with E-state index in [1.54, 1.807) is 24.3 Å². The Morgan fingerprint density at radius 3 is 2.14 bits per heavy atom. The molecular formula is C21H18Cl2N2O3. The smallest absolute Gasteiger partial charge is 0.269 e. The Bertz CT molecular complexity index is 951. The van der Waals surface area contributed by atoms with Gasteiger partial charge in [-0.15, -0.1) is 0 Å². The molecule has 7 heteroatoms. The fraction of sp³-hybridized carbons (Fsp3) is 0.143. The minimum Gasteiger partial charge on any atom is -0.486 e. The lowest BCUT2D eigenvalue weighted by Crippen LogP contribution is -2.01. The molecule has 1 N–H and O–H groups in total. The molecule has 0 aliphatic rings. The van der Waals surface area contributed by atoms with Crippen LogP contribution >= 0.6 is 23.2 Å². The number of nitro benzene ring substituents is 1. The van der Waals surface area contributed by atoms with Gasteiger partial charge in [-0.2, -0.15) is 0 Å². The van der Waals surface area contributed by atoms with Crippen LogP contribution in [0.25, 0.3) is 0 Å². The molecule has 5 nitrogen and oxygen atoms in total. The molecule has 0 spiro atoms. The second-order valence-corrected chi connectivity index (χ2v) is 7.13. The number of anilines is 1. The lowest BCUT2D eigenvalue weighted by atomic mass is 10.2. The van der Waals surface area contributed by atoms with Crippen LogP contribution in [0.3, 0.4) is 0 Å². The van der Waals surface area contributed by atoms with Crippen molar-refractivity contribution in [1.82, 2.24) is 0 Å². The highest BCUT2D eigenvalue weighted by atomic mass is 35.5. The molecule has 0 radical (unpaired) electrons. The molecule has 3 aromatic carbocycles. The Balaban J connectivity index is 1.64. The molecular weight excluding hydrogens is 399 g/mol. The highest BCUT2D eigenvalue weighted by molar-refractivity contribution is 6.37. The van der Waals surface area contributed by atoms with Gasteiger partial charge in [-0.05, 0) is 54.4 Å². The molecule has 0 aliphatic heterocycles. The van der Waals surface area contributed by atoms with Gasteiger partial charge in [0.25, 0.3) is 5.69 Å². The maximum Gasteiger partial charge on any atom is 0.269 e. The summed E-state index contributed by atoms with van der Waals surface area (Å²) in [7, 11) is 0. The number of hydrogen-bond donors (Lipinski definition) is 1. The first-order valence-electron chi connectivity index (χ1n) is 8.57. The molecule has 3 rings (SSSR count). The summed E-state index contributed by atoms with van der Waals surface area (Å²) in [6.07, 6.45) is 0. The van der Waals surface area contributed by atoms with Gasteiger partial charge < -0.3 is 10.1 Å². The fourth-order valence-corrected chi connectivity index (χ4v) is 3.24. The van der Waals surface area contributed by atoms with Crippen LogP contribution in [-0.4, -0.2) is 4.92 Å². The SMILES string of the molecule is Cc1ccc(NCc2cc(Cl)c(OCc3ccc([N+](=O)[O-])cc3)c(Cl)c2)cc1. The summed E-state index contributed by atoms with van der Waals surface area (Å²) in [6, 6.07) is 17.9. The van der Waals surface area contributed by atoms with Gasteiger partial charge in [-0.3, -0.25) is 10.1 Å². The number of nitro groups is 1. The highest BCUT2D eigenvalue weighted by Crippen LogP contribution is 2.35. The number of non-ortho nitro benzene ring substituents is 1. The number of halogens is 2. The average Bonchev–Trinajstić information content (AvgIpc) is 2.67. The van der Waals surface area contributed by atoms with Crippen molar-refractivity contribution in [2.45, 2.75) is 20.1 Å². The molecule has 0 unspecified atom stereocenters. The van der Waals surface area contributed by atoms with E-state index in [0.717, 1.165) is 16.8 Å². The number of hydrogen-bond acceptors (Lipinski definition) is 4. The first-order valence-corrected chi connectivity index (χ1v) is 9.32. The molecule has 0 saturated carbocycles. The molecule has 0 amide bonds. The van der Waals surface area contributed by atoms with E-state index in [2.05, 4.69) is 5.32 Å². The van der Waals surface area contributed by atoms with E-state index in [9.17, 15) is 10.1 Å². The standard InChI is InChI=1S/C21H18Cl2N2O3/c1-14-2-6-17(7-3-14)24-12-16-10-19(22)21(20(23)11-16)28-13-15-4-8-18(9-5-15)25(26)27/h2-11,24H,12-13H2,1H3. The minimum absolute atomic E-state index is 0.0326. The van der Waals surface area contributed by atoms with Crippen LogP contribution in [0, 0.1) is 17.0 Å². The Labute approximate surface area is 173 Å². The van der Waals surface area contributed by atoms with Gasteiger partial charge in [0.1, 0.15) is 6.61 Å². The molecule has 0 saturated heterocycles. The van der Waals surface area contributed by atoms with E-state index in [0.29, 0.717) is 22.3 Å². The van der Waals surface area contributed by atoms with Crippen LogP contribution in [-0.2, 0) is 13.2 Å². The van der Waals surface area contributed by atoms with Crippen LogP contribution in [0.1, 0.15) is 16.7 Å². The largest absolute Gasteiger partial charge is 0.486 e. The molecule has 144 valence electrons. The fourth-order valence-electron chi connectivity index (χ4n) is 2.60. The quantitative estimate of drug-likeness (QED) is 0.357. The van der Waals surface area contributed by atoms with Crippen molar-refractivity contribution in [2.24, 2.45) is 0 Å². The maximum atomic E-state index is 10.7. The molecule has 0 aromatic heterocycles. The number of benzene rings is 3. The molecule has 0 fully saturated rings. The predicted molar refractivity (Wildman–Crippen MR) is 112 cm³/mol. The lowest BCUT2D eigenvalue weighted by molar-refractivity contribution is -0.384. The normalized spacial score (nSPS) is 10.5. The Morgan fingerprint density at radius 2 is 1.57 bits per heavy atom. The summed E-state index contributed by atoms with van der Waals surface area (Å²) in [5.41, 5.74) is 3.95. The molecule has 0 atom stereocenters. The van der Waals surface area contributed by atoms with Crippen molar-refractivity contribution in [3.8, 4) is 5.75 Å². The highest BCUT2D eigenvalue weighted by Gasteiger charge is 2.11. The van der Waals surface area contributed by atoms with Gasteiger partial charge in [0.05, 0.1) is 15.0 Å². The number of nitrogens with zero attached hydrogens (tertiary/aromatic N) is 1. The van der Waals surface area contributed by atoms with Crippen LogP contribution < -0.4 is 10.1 Å². The number of aryl methyl sites for hydroxylation is 1. The summed E-state index contributed by atoms with van der Waals surface area (Å²) in [4.78, 5) is 10.3. The van der Waals surface area contributed by atoms with Gasteiger partial charge in [0, 0.05) is 24.4 Å². The van der Waals surface area contributed by atoms with Gasteiger partial charge in [-0.1, -0.05) is 40.9 Å². The number of rotatable bonds is 7. The first kappa shape index (κ1) is 20.0. The van der Waals surface area contributed by atoms with Crippen LogP contribution in [0.5, 0.6) is 5.75 Å². The number of ether oxygens (including phenoxy) is 1. The summed E-state index contributed by atoms with van der Waals surface area (Å²) in [5.74, 6) is 0.390. The minimum atomic E-state index is -0.443. The van der Waals surface area contributed by atoms with Crippen LogP contribution in [0.15, 0.2) is 60.7 Å². The monoisotopic (exact) mass is 416 g/mol. The van der Waals surface area contributed by atoms with Crippen LogP contribution in [0.2, 0.25) is 10.0 Å². The molecule has 0 heterocycles. The average molecular weight is 417 g/mol. The lowest BCUT2D eigenvalue weighted by Gasteiger charge is -2.13. The van der Waals surface area contributed by atoms with Crippen LogP contribution in [0.4, 0.5) is 11.4 Å². The summed E-state index contributed by atoms with van der Waals surface area (Å²) < 4.78 is 5.73. The van der Waals surface area contributed by atoms with E-state index in [4.69, 9.17) is 27.9 Å².